The molecule has 0 bridgehead atoms. The molecule has 1 aromatic rings. The number of ether oxygens (including phenoxy) is 1. The SMILES string of the molecule is COC(=O)c1ccnn1CCCC1CCN(C)CC1. The summed E-state index contributed by atoms with van der Waals surface area (Å²) in [4.78, 5) is 13.9. The van der Waals surface area contributed by atoms with Gasteiger partial charge < -0.3 is 9.64 Å². The summed E-state index contributed by atoms with van der Waals surface area (Å²) in [5, 5.41) is 4.19. The lowest BCUT2D eigenvalue weighted by Crippen LogP contribution is -2.30. The topological polar surface area (TPSA) is 47.4 Å². The molecule has 0 unspecified atom stereocenters. The highest BCUT2D eigenvalue weighted by Gasteiger charge is 2.17. The molecule has 1 aliphatic heterocycles. The molecular weight excluding hydrogens is 242 g/mol. The van der Waals surface area contributed by atoms with E-state index in [4.69, 9.17) is 4.74 Å². The molecular formula is C14H23N3O2. The minimum absolute atomic E-state index is 0.309. The number of aromatic nitrogens is 2. The van der Waals surface area contributed by atoms with Crippen LogP contribution in [-0.2, 0) is 11.3 Å². The van der Waals surface area contributed by atoms with Gasteiger partial charge in [0.15, 0.2) is 0 Å². The van der Waals surface area contributed by atoms with E-state index in [1.807, 2.05) is 0 Å². The molecule has 0 radical (unpaired) electrons. The maximum Gasteiger partial charge on any atom is 0.356 e. The van der Waals surface area contributed by atoms with Gasteiger partial charge in [-0.05, 0) is 57.8 Å². The number of carbonyl (C=O) groups excluding carboxylic acids is 1. The molecule has 19 heavy (non-hydrogen) atoms. The average Bonchev–Trinajstić information content (AvgIpc) is 2.88. The van der Waals surface area contributed by atoms with Crippen molar-refractivity contribution in [2.75, 3.05) is 27.2 Å². The van der Waals surface area contributed by atoms with Crippen LogP contribution in [-0.4, -0.2) is 47.9 Å². The van der Waals surface area contributed by atoms with E-state index in [0.29, 0.717) is 5.69 Å². The number of nitrogens with zero attached hydrogens (tertiary/aromatic N) is 3. The highest BCUT2D eigenvalue weighted by molar-refractivity contribution is 5.87. The van der Waals surface area contributed by atoms with Crippen LogP contribution in [0, 0.1) is 5.92 Å². The summed E-state index contributed by atoms with van der Waals surface area (Å²) in [5.41, 5.74) is 0.547. The molecule has 0 aliphatic carbocycles. The van der Waals surface area contributed by atoms with E-state index in [9.17, 15) is 4.79 Å². The summed E-state index contributed by atoms with van der Waals surface area (Å²) in [7, 11) is 3.58. The Balaban J connectivity index is 1.77. The number of esters is 1. The third-order valence-electron chi connectivity index (χ3n) is 3.93. The predicted molar refractivity (Wildman–Crippen MR) is 73.0 cm³/mol. The molecule has 5 heteroatoms. The fourth-order valence-corrected chi connectivity index (χ4v) is 2.67. The molecule has 0 amide bonds. The van der Waals surface area contributed by atoms with Crippen LogP contribution in [0.2, 0.25) is 0 Å². The van der Waals surface area contributed by atoms with Crippen molar-refractivity contribution in [2.45, 2.75) is 32.2 Å². The largest absolute Gasteiger partial charge is 0.464 e. The Morgan fingerprint density at radius 1 is 1.47 bits per heavy atom. The predicted octanol–water partition coefficient (Wildman–Crippen LogP) is 1.79. The van der Waals surface area contributed by atoms with Gasteiger partial charge in [0.05, 0.1) is 7.11 Å². The van der Waals surface area contributed by atoms with E-state index in [-0.39, 0.29) is 5.97 Å². The number of rotatable bonds is 5. The van der Waals surface area contributed by atoms with Gasteiger partial charge in [0.25, 0.3) is 0 Å². The highest BCUT2D eigenvalue weighted by atomic mass is 16.5. The number of piperidine rings is 1. The summed E-state index contributed by atoms with van der Waals surface area (Å²) in [6, 6.07) is 1.71. The Morgan fingerprint density at radius 2 is 2.21 bits per heavy atom. The van der Waals surface area contributed by atoms with Crippen LogP contribution in [0.15, 0.2) is 12.3 Å². The minimum atomic E-state index is -0.309. The second kappa shape index (κ2) is 6.70. The van der Waals surface area contributed by atoms with Crippen molar-refractivity contribution in [3.05, 3.63) is 18.0 Å². The normalized spacial score (nSPS) is 17.6. The van der Waals surface area contributed by atoms with Gasteiger partial charge in [-0.3, -0.25) is 4.68 Å². The van der Waals surface area contributed by atoms with Crippen molar-refractivity contribution in [2.24, 2.45) is 5.92 Å². The van der Waals surface area contributed by atoms with E-state index in [1.54, 1.807) is 16.9 Å². The number of aryl methyl sites for hydroxylation is 1. The van der Waals surface area contributed by atoms with E-state index in [1.165, 1.54) is 39.5 Å². The van der Waals surface area contributed by atoms with E-state index in [2.05, 4.69) is 17.0 Å². The Hall–Kier alpha value is -1.36. The molecule has 0 atom stereocenters. The minimum Gasteiger partial charge on any atom is -0.464 e. The lowest BCUT2D eigenvalue weighted by molar-refractivity contribution is 0.0586. The molecule has 5 nitrogen and oxygen atoms in total. The molecule has 2 rings (SSSR count). The Kier molecular flexibility index (Phi) is 4.96. The average molecular weight is 265 g/mol. The van der Waals surface area contributed by atoms with Crippen molar-refractivity contribution in [3.8, 4) is 0 Å². The molecule has 1 fully saturated rings. The van der Waals surface area contributed by atoms with Gasteiger partial charge >= 0.3 is 5.97 Å². The highest BCUT2D eigenvalue weighted by Crippen LogP contribution is 2.21. The molecule has 1 aromatic heterocycles. The van der Waals surface area contributed by atoms with Crippen LogP contribution in [0.25, 0.3) is 0 Å². The second-order valence-electron chi connectivity index (χ2n) is 5.32. The van der Waals surface area contributed by atoms with E-state index >= 15 is 0 Å². The van der Waals surface area contributed by atoms with Gasteiger partial charge in [0, 0.05) is 12.7 Å². The molecule has 2 heterocycles. The standard InChI is InChI=1S/C14H23N3O2/c1-16-10-6-12(7-11-16)4-3-9-17-13(5-8-15-17)14(18)19-2/h5,8,12H,3-4,6-7,9-11H2,1-2H3. The quantitative estimate of drug-likeness (QED) is 0.762. The smallest absolute Gasteiger partial charge is 0.356 e. The zero-order chi connectivity index (χ0) is 13.7. The number of likely N-dealkylation sites (tertiary alicyclic amines) is 1. The summed E-state index contributed by atoms with van der Waals surface area (Å²) in [6.45, 7) is 3.21. The van der Waals surface area contributed by atoms with Crippen molar-refractivity contribution >= 4 is 5.97 Å². The van der Waals surface area contributed by atoms with Crippen molar-refractivity contribution in [1.29, 1.82) is 0 Å². The molecule has 0 aromatic carbocycles. The first-order valence-electron chi connectivity index (χ1n) is 6.99. The second-order valence-corrected chi connectivity index (χ2v) is 5.32. The summed E-state index contributed by atoms with van der Waals surface area (Å²) >= 11 is 0. The lowest BCUT2D eigenvalue weighted by atomic mass is 9.92. The number of hydrogen-bond donors (Lipinski definition) is 0. The molecule has 0 saturated carbocycles. The Bertz CT molecular complexity index is 409. The molecule has 1 saturated heterocycles. The van der Waals surface area contributed by atoms with E-state index < -0.39 is 0 Å². The van der Waals surface area contributed by atoms with Crippen LogP contribution in [0.5, 0.6) is 0 Å². The van der Waals surface area contributed by atoms with Crippen molar-refractivity contribution in [3.63, 3.8) is 0 Å². The maximum absolute atomic E-state index is 11.5. The number of hydrogen-bond acceptors (Lipinski definition) is 4. The Labute approximate surface area is 114 Å². The molecule has 106 valence electrons. The van der Waals surface area contributed by atoms with Gasteiger partial charge in [-0.1, -0.05) is 0 Å². The fraction of sp³-hybridized carbons (Fsp3) is 0.714. The van der Waals surface area contributed by atoms with Crippen LogP contribution in [0.4, 0.5) is 0 Å². The molecule has 0 N–H and O–H groups in total. The first-order chi connectivity index (χ1) is 9.20. The first kappa shape index (κ1) is 14.1. The van der Waals surface area contributed by atoms with Crippen LogP contribution >= 0.6 is 0 Å². The van der Waals surface area contributed by atoms with Crippen molar-refractivity contribution < 1.29 is 9.53 Å². The number of carbonyl (C=O) groups is 1. The van der Waals surface area contributed by atoms with Gasteiger partial charge in [-0.25, -0.2) is 4.79 Å². The number of methoxy groups -OCH3 is 1. The van der Waals surface area contributed by atoms with Crippen molar-refractivity contribution in [1.82, 2.24) is 14.7 Å². The van der Waals surface area contributed by atoms with Gasteiger partial charge in [0.1, 0.15) is 5.69 Å². The zero-order valence-corrected chi connectivity index (χ0v) is 11.8. The summed E-state index contributed by atoms with van der Waals surface area (Å²) in [5.74, 6) is 0.519. The summed E-state index contributed by atoms with van der Waals surface area (Å²) in [6.07, 6.45) is 6.52. The molecule has 1 aliphatic rings. The zero-order valence-electron chi connectivity index (χ0n) is 11.8. The molecule has 0 spiro atoms. The van der Waals surface area contributed by atoms with Gasteiger partial charge in [-0.2, -0.15) is 5.10 Å². The maximum atomic E-state index is 11.5. The Morgan fingerprint density at radius 3 is 2.89 bits per heavy atom. The van der Waals surface area contributed by atoms with E-state index in [0.717, 1.165) is 18.9 Å². The third kappa shape index (κ3) is 3.80. The van der Waals surface area contributed by atoms with Gasteiger partial charge in [-0.15, -0.1) is 0 Å². The third-order valence-corrected chi connectivity index (χ3v) is 3.93. The van der Waals surface area contributed by atoms with Gasteiger partial charge in [0.2, 0.25) is 0 Å². The van der Waals surface area contributed by atoms with Crippen LogP contribution in [0.1, 0.15) is 36.2 Å². The van der Waals surface area contributed by atoms with Crippen LogP contribution in [0.3, 0.4) is 0 Å². The monoisotopic (exact) mass is 265 g/mol. The first-order valence-corrected chi connectivity index (χ1v) is 6.99. The fourth-order valence-electron chi connectivity index (χ4n) is 2.67. The summed E-state index contributed by atoms with van der Waals surface area (Å²) < 4.78 is 6.49. The van der Waals surface area contributed by atoms with Crippen LogP contribution < -0.4 is 0 Å². The lowest BCUT2D eigenvalue weighted by Gasteiger charge is -2.28.